The Labute approximate surface area is 122 Å². The molecular formula is C16H29NO3. The lowest BCUT2D eigenvalue weighted by Gasteiger charge is -2.27. The van der Waals surface area contributed by atoms with Crippen LogP contribution < -0.4 is 0 Å². The summed E-state index contributed by atoms with van der Waals surface area (Å²) >= 11 is 0. The minimum atomic E-state index is -0.842. The third-order valence-corrected chi connectivity index (χ3v) is 4.24. The van der Waals surface area contributed by atoms with Gasteiger partial charge in [-0.1, -0.05) is 32.1 Å². The van der Waals surface area contributed by atoms with Crippen molar-refractivity contribution in [2.45, 2.75) is 77.7 Å². The number of nitrogens with zero attached hydrogens (tertiary/aromatic N) is 1. The molecule has 1 aliphatic carbocycles. The van der Waals surface area contributed by atoms with Crippen molar-refractivity contribution in [2.24, 2.45) is 5.92 Å². The Bertz CT molecular complexity index is 309. The first-order chi connectivity index (χ1) is 9.50. The minimum absolute atomic E-state index is 0.0343. The quantitative estimate of drug-likeness (QED) is 0.742. The number of carbonyl (C=O) groups excluding carboxylic acids is 1. The van der Waals surface area contributed by atoms with Crippen LogP contribution >= 0.6 is 0 Å². The molecule has 1 saturated carbocycles. The molecular weight excluding hydrogens is 254 g/mol. The first-order valence-corrected chi connectivity index (χ1v) is 8.02. The van der Waals surface area contributed by atoms with Crippen LogP contribution in [0.2, 0.25) is 0 Å². The molecule has 0 aromatic heterocycles. The number of hydrogen-bond donors (Lipinski definition) is 1. The van der Waals surface area contributed by atoms with E-state index in [9.17, 15) is 9.59 Å². The van der Waals surface area contributed by atoms with Gasteiger partial charge in [0, 0.05) is 19.0 Å². The molecule has 4 nitrogen and oxygen atoms in total. The smallest absolute Gasteiger partial charge is 0.305 e. The maximum Gasteiger partial charge on any atom is 0.305 e. The summed E-state index contributed by atoms with van der Waals surface area (Å²) in [6.07, 6.45) is 9.38. The average Bonchev–Trinajstić information content (AvgIpc) is 2.39. The molecule has 4 heteroatoms. The molecule has 0 aromatic carbocycles. The summed E-state index contributed by atoms with van der Waals surface area (Å²) in [5.74, 6) is 0.0748. The largest absolute Gasteiger partial charge is 0.481 e. The molecule has 1 N–H and O–H groups in total. The summed E-state index contributed by atoms with van der Waals surface area (Å²) in [6, 6.07) is 0.0801. The van der Waals surface area contributed by atoms with Crippen LogP contribution in [0.15, 0.2) is 0 Å². The van der Waals surface area contributed by atoms with E-state index in [0.29, 0.717) is 13.0 Å². The summed E-state index contributed by atoms with van der Waals surface area (Å²) in [4.78, 5) is 24.5. The molecule has 0 aromatic rings. The van der Waals surface area contributed by atoms with E-state index < -0.39 is 5.97 Å². The monoisotopic (exact) mass is 283 g/mol. The Morgan fingerprint density at radius 1 is 1.15 bits per heavy atom. The number of carboxylic acids is 1. The summed E-state index contributed by atoms with van der Waals surface area (Å²) < 4.78 is 0. The van der Waals surface area contributed by atoms with E-state index >= 15 is 0 Å². The van der Waals surface area contributed by atoms with E-state index in [-0.39, 0.29) is 18.4 Å². The van der Waals surface area contributed by atoms with E-state index in [0.717, 1.165) is 18.8 Å². The van der Waals surface area contributed by atoms with E-state index in [1.165, 1.54) is 32.1 Å². The minimum Gasteiger partial charge on any atom is -0.481 e. The van der Waals surface area contributed by atoms with Crippen molar-refractivity contribution in [1.82, 2.24) is 4.90 Å². The summed E-state index contributed by atoms with van der Waals surface area (Å²) in [5.41, 5.74) is 0. The first kappa shape index (κ1) is 17.0. The van der Waals surface area contributed by atoms with Crippen molar-refractivity contribution in [3.8, 4) is 0 Å². The number of carboxylic acid groups (broad SMARTS) is 1. The zero-order valence-corrected chi connectivity index (χ0v) is 12.9. The van der Waals surface area contributed by atoms with Crippen LogP contribution in [0.25, 0.3) is 0 Å². The van der Waals surface area contributed by atoms with E-state index in [4.69, 9.17) is 5.11 Å². The highest BCUT2D eigenvalue weighted by atomic mass is 16.4. The number of carbonyl (C=O) groups is 2. The second kappa shape index (κ2) is 8.98. The zero-order valence-electron chi connectivity index (χ0n) is 12.9. The Hall–Kier alpha value is -1.06. The SMILES string of the molecule is CC(C)N(CCC(=O)O)C(=O)CCCC1CCCCC1. The lowest BCUT2D eigenvalue weighted by atomic mass is 9.86. The van der Waals surface area contributed by atoms with Crippen molar-refractivity contribution < 1.29 is 14.7 Å². The van der Waals surface area contributed by atoms with Gasteiger partial charge in [0.2, 0.25) is 5.91 Å². The van der Waals surface area contributed by atoms with Gasteiger partial charge < -0.3 is 10.0 Å². The summed E-state index contributed by atoms with van der Waals surface area (Å²) in [5, 5.41) is 8.73. The predicted octanol–water partition coefficient (Wildman–Crippen LogP) is 3.45. The van der Waals surface area contributed by atoms with Crippen molar-refractivity contribution >= 4 is 11.9 Å². The summed E-state index contributed by atoms with van der Waals surface area (Å²) in [6.45, 7) is 4.22. The van der Waals surface area contributed by atoms with Gasteiger partial charge in [0.25, 0.3) is 0 Å². The first-order valence-electron chi connectivity index (χ1n) is 8.02. The molecule has 0 atom stereocenters. The Morgan fingerprint density at radius 2 is 1.80 bits per heavy atom. The van der Waals surface area contributed by atoms with Gasteiger partial charge in [0.1, 0.15) is 0 Å². The molecule has 0 spiro atoms. The van der Waals surface area contributed by atoms with E-state index in [1.54, 1.807) is 4.90 Å². The van der Waals surface area contributed by atoms with Gasteiger partial charge in [-0.15, -0.1) is 0 Å². The third-order valence-electron chi connectivity index (χ3n) is 4.24. The highest BCUT2D eigenvalue weighted by Gasteiger charge is 2.19. The molecule has 0 bridgehead atoms. The van der Waals surface area contributed by atoms with E-state index in [2.05, 4.69) is 0 Å². The third kappa shape index (κ3) is 6.40. The molecule has 0 aliphatic heterocycles. The number of hydrogen-bond acceptors (Lipinski definition) is 2. The van der Waals surface area contributed by atoms with Gasteiger partial charge in [-0.3, -0.25) is 9.59 Å². The number of amides is 1. The fourth-order valence-electron chi connectivity index (χ4n) is 3.05. The maximum absolute atomic E-state index is 12.2. The molecule has 20 heavy (non-hydrogen) atoms. The van der Waals surface area contributed by atoms with Gasteiger partial charge in [-0.2, -0.15) is 0 Å². The number of aliphatic carboxylic acids is 1. The van der Waals surface area contributed by atoms with Crippen molar-refractivity contribution in [3.63, 3.8) is 0 Å². The standard InChI is InChI=1S/C16H29NO3/c1-13(2)17(12-11-16(19)20)15(18)10-6-9-14-7-4-3-5-8-14/h13-14H,3-12H2,1-2H3,(H,19,20). The molecule has 1 fully saturated rings. The fourth-order valence-corrected chi connectivity index (χ4v) is 3.05. The lowest BCUT2D eigenvalue weighted by Crippen LogP contribution is -2.38. The van der Waals surface area contributed by atoms with Gasteiger partial charge >= 0.3 is 5.97 Å². The van der Waals surface area contributed by atoms with Gasteiger partial charge in [0.15, 0.2) is 0 Å². The Kier molecular flexibility index (Phi) is 7.63. The van der Waals surface area contributed by atoms with Crippen LogP contribution in [-0.4, -0.2) is 34.5 Å². The second-order valence-corrected chi connectivity index (χ2v) is 6.22. The molecule has 0 radical (unpaired) electrons. The van der Waals surface area contributed by atoms with E-state index in [1.807, 2.05) is 13.8 Å². The summed E-state index contributed by atoms with van der Waals surface area (Å²) in [7, 11) is 0. The van der Waals surface area contributed by atoms with Crippen LogP contribution in [-0.2, 0) is 9.59 Å². The Morgan fingerprint density at radius 3 is 2.35 bits per heavy atom. The van der Waals surface area contributed by atoms with Crippen LogP contribution in [0.4, 0.5) is 0 Å². The Balaban J connectivity index is 2.28. The van der Waals surface area contributed by atoms with Crippen LogP contribution in [0.3, 0.4) is 0 Å². The van der Waals surface area contributed by atoms with Crippen molar-refractivity contribution in [2.75, 3.05) is 6.54 Å². The fraction of sp³-hybridized carbons (Fsp3) is 0.875. The molecule has 0 unspecified atom stereocenters. The predicted molar refractivity (Wildman–Crippen MR) is 79.5 cm³/mol. The lowest BCUT2D eigenvalue weighted by molar-refractivity contribution is -0.139. The molecule has 0 saturated heterocycles. The van der Waals surface area contributed by atoms with Crippen LogP contribution in [0, 0.1) is 5.92 Å². The number of rotatable bonds is 8. The topological polar surface area (TPSA) is 57.6 Å². The van der Waals surface area contributed by atoms with Gasteiger partial charge in [-0.05, 0) is 32.6 Å². The van der Waals surface area contributed by atoms with Crippen molar-refractivity contribution in [3.05, 3.63) is 0 Å². The second-order valence-electron chi connectivity index (χ2n) is 6.22. The van der Waals surface area contributed by atoms with Crippen LogP contribution in [0.5, 0.6) is 0 Å². The van der Waals surface area contributed by atoms with Gasteiger partial charge in [0.05, 0.1) is 6.42 Å². The zero-order chi connectivity index (χ0) is 15.0. The molecule has 1 rings (SSSR count). The molecule has 116 valence electrons. The highest BCUT2D eigenvalue weighted by molar-refractivity contribution is 5.77. The molecule has 1 aliphatic rings. The van der Waals surface area contributed by atoms with Crippen molar-refractivity contribution in [1.29, 1.82) is 0 Å². The normalized spacial score (nSPS) is 16.4. The maximum atomic E-state index is 12.2. The van der Waals surface area contributed by atoms with Crippen LogP contribution in [0.1, 0.15) is 71.6 Å². The molecule has 0 heterocycles. The molecule has 1 amide bonds. The van der Waals surface area contributed by atoms with Gasteiger partial charge in [-0.25, -0.2) is 0 Å². The average molecular weight is 283 g/mol. The highest BCUT2D eigenvalue weighted by Crippen LogP contribution is 2.27.